The fourth-order valence-corrected chi connectivity index (χ4v) is 2.63. The topological polar surface area (TPSA) is 29.1 Å². The van der Waals surface area contributed by atoms with Crippen molar-refractivity contribution < 1.29 is 4.79 Å². The average molecular weight is 296 g/mol. The maximum atomic E-state index is 12.0. The number of amides is 1. The van der Waals surface area contributed by atoms with E-state index in [-0.39, 0.29) is 5.91 Å². The summed E-state index contributed by atoms with van der Waals surface area (Å²) in [5.41, 5.74) is 1.90. The predicted molar refractivity (Wildman–Crippen MR) is 73.2 cm³/mol. The molecule has 0 unspecified atom stereocenters. The third-order valence-corrected chi connectivity index (χ3v) is 4.23. The van der Waals surface area contributed by atoms with Crippen LogP contribution in [0, 0.1) is 6.92 Å². The lowest BCUT2D eigenvalue weighted by Crippen LogP contribution is -2.36. The zero-order valence-electron chi connectivity index (χ0n) is 10.1. The molecule has 92 valence electrons. The number of benzene rings is 1. The van der Waals surface area contributed by atoms with Gasteiger partial charge in [-0.2, -0.15) is 0 Å². The summed E-state index contributed by atoms with van der Waals surface area (Å²) < 4.78 is 0.994. The highest BCUT2D eigenvalue weighted by molar-refractivity contribution is 9.10. The first-order valence-corrected chi connectivity index (χ1v) is 7.03. The molecule has 0 atom stereocenters. The Hall–Kier alpha value is -0.830. The quantitative estimate of drug-likeness (QED) is 0.883. The van der Waals surface area contributed by atoms with Crippen LogP contribution in [0.25, 0.3) is 0 Å². The molecule has 1 aromatic rings. The van der Waals surface area contributed by atoms with Crippen LogP contribution in [0.15, 0.2) is 22.7 Å². The fraction of sp³-hybridized carbons (Fsp3) is 0.500. The van der Waals surface area contributed by atoms with Crippen molar-refractivity contribution in [1.82, 2.24) is 5.32 Å². The van der Waals surface area contributed by atoms with E-state index in [1.165, 1.54) is 19.3 Å². The highest BCUT2D eigenvalue weighted by Crippen LogP contribution is 2.20. The minimum absolute atomic E-state index is 0.0533. The maximum absolute atomic E-state index is 12.0. The van der Waals surface area contributed by atoms with Crippen LogP contribution < -0.4 is 5.32 Å². The van der Waals surface area contributed by atoms with Crippen molar-refractivity contribution in [2.45, 2.75) is 45.1 Å². The number of nitrogens with one attached hydrogen (secondary N) is 1. The van der Waals surface area contributed by atoms with E-state index >= 15 is 0 Å². The smallest absolute Gasteiger partial charge is 0.251 e. The van der Waals surface area contributed by atoms with Gasteiger partial charge < -0.3 is 5.32 Å². The van der Waals surface area contributed by atoms with E-state index in [4.69, 9.17) is 0 Å². The molecule has 0 aliphatic heterocycles. The minimum atomic E-state index is 0.0533. The summed E-state index contributed by atoms with van der Waals surface area (Å²) in [7, 11) is 0. The second-order valence-corrected chi connectivity index (χ2v) is 5.63. The van der Waals surface area contributed by atoms with E-state index in [1.807, 2.05) is 25.1 Å². The second-order valence-electron chi connectivity index (χ2n) is 4.77. The van der Waals surface area contributed by atoms with Crippen LogP contribution in [0.1, 0.15) is 48.0 Å². The largest absolute Gasteiger partial charge is 0.349 e. The molecule has 1 aliphatic carbocycles. The Bertz CT molecular complexity index is 411. The SMILES string of the molecule is Cc1ccc(C(=O)NC2CCCCC2)cc1Br. The number of carbonyl (C=O) groups is 1. The van der Waals surface area contributed by atoms with Crippen LogP contribution >= 0.6 is 15.9 Å². The van der Waals surface area contributed by atoms with Crippen LogP contribution in [0.5, 0.6) is 0 Å². The molecule has 3 heteroatoms. The molecule has 2 rings (SSSR count). The Morgan fingerprint density at radius 1 is 1.29 bits per heavy atom. The summed E-state index contributed by atoms with van der Waals surface area (Å²) in [4.78, 5) is 12.0. The van der Waals surface area contributed by atoms with E-state index in [1.54, 1.807) is 0 Å². The minimum Gasteiger partial charge on any atom is -0.349 e. The van der Waals surface area contributed by atoms with Gasteiger partial charge in [0.05, 0.1) is 0 Å². The number of hydrogen-bond acceptors (Lipinski definition) is 1. The molecule has 0 spiro atoms. The Labute approximate surface area is 111 Å². The van der Waals surface area contributed by atoms with E-state index in [2.05, 4.69) is 21.2 Å². The summed E-state index contributed by atoms with van der Waals surface area (Å²) in [6, 6.07) is 6.13. The van der Waals surface area contributed by atoms with Gasteiger partial charge in [0.1, 0.15) is 0 Å². The molecule has 0 radical (unpaired) electrons. The van der Waals surface area contributed by atoms with Crippen molar-refractivity contribution in [1.29, 1.82) is 0 Å². The molecule has 0 aromatic heterocycles. The van der Waals surface area contributed by atoms with Gasteiger partial charge in [0.2, 0.25) is 0 Å². The number of halogens is 1. The average Bonchev–Trinajstić information content (AvgIpc) is 2.34. The van der Waals surface area contributed by atoms with Crippen molar-refractivity contribution in [2.24, 2.45) is 0 Å². The summed E-state index contributed by atoms with van der Waals surface area (Å²) in [5, 5.41) is 3.12. The van der Waals surface area contributed by atoms with Crippen molar-refractivity contribution in [3.63, 3.8) is 0 Å². The van der Waals surface area contributed by atoms with E-state index in [0.29, 0.717) is 6.04 Å². The first-order chi connectivity index (χ1) is 8.16. The third-order valence-electron chi connectivity index (χ3n) is 3.37. The van der Waals surface area contributed by atoms with Crippen LogP contribution in [0.4, 0.5) is 0 Å². The standard InChI is InChI=1S/C14H18BrNO/c1-10-7-8-11(9-13(10)15)14(17)16-12-5-3-2-4-6-12/h7-9,12H,2-6H2,1H3,(H,16,17). The molecule has 2 nitrogen and oxygen atoms in total. The molecule has 1 amide bonds. The first kappa shape index (κ1) is 12.6. The highest BCUT2D eigenvalue weighted by atomic mass is 79.9. The Balaban J connectivity index is 2.01. The third kappa shape index (κ3) is 3.32. The molecule has 0 saturated heterocycles. The van der Waals surface area contributed by atoms with Gasteiger partial charge in [-0.15, -0.1) is 0 Å². The molecular formula is C14H18BrNO. The summed E-state index contributed by atoms with van der Waals surface area (Å²) in [6.45, 7) is 2.02. The van der Waals surface area contributed by atoms with Gasteiger partial charge in [-0.05, 0) is 37.5 Å². The molecule has 17 heavy (non-hydrogen) atoms. The lowest BCUT2D eigenvalue weighted by molar-refractivity contribution is 0.0927. The highest BCUT2D eigenvalue weighted by Gasteiger charge is 2.16. The van der Waals surface area contributed by atoms with Crippen molar-refractivity contribution in [3.05, 3.63) is 33.8 Å². The van der Waals surface area contributed by atoms with Gasteiger partial charge in [0, 0.05) is 16.1 Å². The summed E-state index contributed by atoms with van der Waals surface area (Å²) in [6.07, 6.45) is 6.03. The lowest BCUT2D eigenvalue weighted by atomic mass is 9.95. The maximum Gasteiger partial charge on any atom is 0.251 e. The van der Waals surface area contributed by atoms with Crippen molar-refractivity contribution in [3.8, 4) is 0 Å². The molecule has 1 aromatic carbocycles. The molecule has 0 heterocycles. The molecular weight excluding hydrogens is 278 g/mol. The molecule has 1 saturated carbocycles. The summed E-state index contributed by atoms with van der Waals surface area (Å²) >= 11 is 3.46. The van der Waals surface area contributed by atoms with E-state index in [9.17, 15) is 4.79 Å². The molecule has 0 bridgehead atoms. The van der Waals surface area contributed by atoms with Crippen molar-refractivity contribution >= 4 is 21.8 Å². The van der Waals surface area contributed by atoms with Gasteiger partial charge in [-0.25, -0.2) is 0 Å². The van der Waals surface area contributed by atoms with Crippen LogP contribution in [0.3, 0.4) is 0 Å². The fourth-order valence-electron chi connectivity index (χ4n) is 2.25. The van der Waals surface area contributed by atoms with Gasteiger partial charge >= 0.3 is 0 Å². The monoisotopic (exact) mass is 295 g/mol. The second kappa shape index (κ2) is 5.67. The lowest BCUT2D eigenvalue weighted by Gasteiger charge is -2.22. The Kier molecular flexibility index (Phi) is 4.21. The normalized spacial score (nSPS) is 16.8. The first-order valence-electron chi connectivity index (χ1n) is 6.24. The zero-order chi connectivity index (χ0) is 12.3. The van der Waals surface area contributed by atoms with Gasteiger partial charge in [-0.1, -0.05) is 41.3 Å². The van der Waals surface area contributed by atoms with Crippen LogP contribution in [-0.4, -0.2) is 11.9 Å². The predicted octanol–water partition coefficient (Wildman–Crippen LogP) is 3.82. The zero-order valence-corrected chi connectivity index (χ0v) is 11.7. The molecule has 1 N–H and O–H groups in total. The van der Waals surface area contributed by atoms with Crippen LogP contribution in [-0.2, 0) is 0 Å². The summed E-state index contributed by atoms with van der Waals surface area (Å²) in [5.74, 6) is 0.0533. The van der Waals surface area contributed by atoms with Gasteiger partial charge in [0.25, 0.3) is 5.91 Å². The van der Waals surface area contributed by atoms with Gasteiger partial charge in [-0.3, -0.25) is 4.79 Å². The van der Waals surface area contributed by atoms with Crippen molar-refractivity contribution in [2.75, 3.05) is 0 Å². The Morgan fingerprint density at radius 3 is 2.65 bits per heavy atom. The van der Waals surface area contributed by atoms with E-state index < -0.39 is 0 Å². The van der Waals surface area contributed by atoms with Crippen LogP contribution in [0.2, 0.25) is 0 Å². The Morgan fingerprint density at radius 2 is 2.00 bits per heavy atom. The molecule has 1 fully saturated rings. The number of carbonyl (C=O) groups excluding carboxylic acids is 1. The number of rotatable bonds is 2. The molecule has 1 aliphatic rings. The number of aryl methyl sites for hydroxylation is 1. The van der Waals surface area contributed by atoms with Gasteiger partial charge in [0.15, 0.2) is 0 Å². The number of hydrogen-bond donors (Lipinski definition) is 1. The van der Waals surface area contributed by atoms with E-state index in [0.717, 1.165) is 28.4 Å².